The van der Waals surface area contributed by atoms with E-state index in [2.05, 4.69) is 38.3 Å². The molecule has 16 atom stereocenters. The number of hydrogen-bond donors (Lipinski definition) is 2. The Hall–Kier alpha value is -2.12. The van der Waals surface area contributed by atoms with Gasteiger partial charge in [-0.15, -0.1) is 0 Å². The fourth-order valence-electron chi connectivity index (χ4n) is 11.8. The first-order valence-corrected chi connectivity index (χ1v) is 21.5. The molecule has 2 aliphatic carbocycles. The van der Waals surface area contributed by atoms with E-state index in [1.54, 1.807) is 0 Å². The van der Waals surface area contributed by atoms with Crippen LogP contribution in [0.25, 0.3) is 0 Å². The zero-order chi connectivity index (χ0) is 40.7. The number of guanidine groups is 1. The van der Waals surface area contributed by atoms with Crippen LogP contribution in [0.1, 0.15) is 98.5 Å². The zero-order valence-corrected chi connectivity index (χ0v) is 34.4. The predicted octanol–water partition coefficient (Wildman–Crippen LogP) is 7.51. The number of nitrogens with zero attached hydrogens (tertiary/aromatic N) is 1. The molecule has 2 unspecified atom stereocenters. The molecule has 10 fully saturated rings. The summed E-state index contributed by atoms with van der Waals surface area (Å²) in [7, 11) is 0. The second-order valence-corrected chi connectivity index (χ2v) is 18.6. The molecule has 8 heterocycles. The van der Waals surface area contributed by atoms with Crippen LogP contribution in [0, 0.1) is 47.3 Å². The van der Waals surface area contributed by atoms with Crippen molar-refractivity contribution >= 4 is 11.6 Å². The fourth-order valence-corrected chi connectivity index (χ4v) is 11.8. The highest BCUT2D eigenvalue weighted by Gasteiger charge is 2.71. The maximum Gasteiger partial charge on any atom is 0.416 e. The van der Waals surface area contributed by atoms with Crippen LogP contribution < -0.4 is 10.6 Å². The van der Waals surface area contributed by atoms with E-state index >= 15 is 0 Å². The zero-order valence-electron chi connectivity index (χ0n) is 34.4. The highest BCUT2D eigenvalue weighted by atomic mass is 19.4. The summed E-state index contributed by atoms with van der Waals surface area (Å²) in [6.45, 7) is 13.7. The van der Waals surface area contributed by atoms with Crippen LogP contribution in [0.5, 0.6) is 0 Å². The van der Waals surface area contributed by atoms with Gasteiger partial charge in [-0.1, -0.05) is 27.7 Å². The fraction of sp³-hybridized carbons (Fsp3) is 0.833. The summed E-state index contributed by atoms with van der Waals surface area (Å²) in [6.07, 6.45) is 0.674. The molecule has 1 aromatic rings. The van der Waals surface area contributed by atoms with Crippen molar-refractivity contribution in [2.75, 3.05) is 31.6 Å². The lowest BCUT2D eigenvalue weighted by Crippen LogP contribution is -2.70. The van der Waals surface area contributed by atoms with E-state index < -0.39 is 59.7 Å². The van der Waals surface area contributed by atoms with Gasteiger partial charge in [-0.3, -0.25) is 4.99 Å². The molecule has 0 amide bonds. The number of anilines is 1. The normalized spacial score (nSPS) is 47.1. The quantitative estimate of drug-likeness (QED) is 0.111. The highest BCUT2D eigenvalue weighted by Crippen LogP contribution is 2.62. The second-order valence-electron chi connectivity index (χ2n) is 18.6. The van der Waals surface area contributed by atoms with E-state index in [9.17, 15) is 13.2 Å². The summed E-state index contributed by atoms with van der Waals surface area (Å²) in [5.41, 5.74) is -1.65. The van der Waals surface area contributed by atoms with Gasteiger partial charge in [-0.2, -0.15) is 13.2 Å². The molecule has 0 aromatic heterocycles. The van der Waals surface area contributed by atoms with E-state index in [-0.39, 0.29) is 55.3 Å². The minimum atomic E-state index is -4.44. The lowest BCUT2D eigenvalue weighted by Gasteiger charge is -2.60. The van der Waals surface area contributed by atoms with Crippen molar-refractivity contribution < 1.29 is 61.1 Å². The number of nitrogens with one attached hydrogen (secondary N) is 2. The second kappa shape index (κ2) is 15.3. The first kappa shape index (κ1) is 41.2. The van der Waals surface area contributed by atoms with Gasteiger partial charge in [0.2, 0.25) is 11.6 Å². The third-order valence-electron chi connectivity index (χ3n) is 15.0. The van der Waals surface area contributed by atoms with Gasteiger partial charge < -0.3 is 39.1 Å². The third kappa shape index (κ3) is 7.08. The van der Waals surface area contributed by atoms with Crippen molar-refractivity contribution in [2.45, 2.75) is 147 Å². The molecule has 8 aliphatic heterocycles. The van der Waals surface area contributed by atoms with Crippen molar-refractivity contribution in [3.05, 3.63) is 29.8 Å². The lowest BCUT2D eigenvalue weighted by atomic mass is 9.58. The first-order chi connectivity index (χ1) is 27.6. The van der Waals surface area contributed by atoms with Gasteiger partial charge in [-0.25, -0.2) is 19.6 Å². The topological polar surface area (TPSA) is 129 Å². The number of alkyl halides is 3. The number of hydrogen-bond acceptors (Lipinski definition) is 11. The summed E-state index contributed by atoms with van der Waals surface area (Å²) in [5, 5.41) is 6.43. The first-order valence-electron chi connectivity index (χ1n) is 21.5. The van der Waals surface area contributed by atoms with E-state index in [1.165, 1.54) is 12.1 Å². The molecule has 0 radical (unpaired) electrons. The van der Waals surface area contributed by atoms with Gasteiger partial charge in [-0.05, 0) is 100 Å². The molecule has 11 rings (SSSR count). The average Bonchev–Trinajstić information content (AvgIpc) is 3.56. The van der Waals surface area contributed by atoms with Crippen LogP contribution in [-0.2, 0) is 54.1 Å². The Labute approximate surface area is 338 Å². The van der Waals surface area contributed by atoms with Gasteiger partial charge in [0.15, 0.2) is 42.3 Å². The predicted molar refractivity (Wildman–Crippen MR) is 201 cm³/mol. The van der Waals surface area contributed by atoms with E-state index in [4.69, 9.17) is 53.0 Å². The molecular weight excluding hydrogens is 763 g/mol. The van der Waals surface area contributed by atoms with E-state index in [0.29, 0.717) is 30.0 Å². The Bertz CT molecular complexity index is 1680. The van der Waals surface area contributed by atoms with Crippen LogP contribution in [0.2, 0.25) is 0 Å². The van der Waals surface area contributed by atoms with Gasteiger partial charge >= 0.3 is 6.18 Å². The number of rotatable bonds is 9. The minimum Gasteiger partial charge on any atom is -0.354 e. The van der Waals surface area contributed by atoms with Crippen molar-refractivity contribution in [3.63, 3.8) is 0 Å². The van der Waals surface area contributed by atoms with Gasteiger partial charge in [0.25, 0.3) is 0 Å². The molecule has 10 aliphatic rings. The molecule has 13 nitrogen and oxygen atoms in total. The molecular formula is C42H60F3N3O10. The van der Waals surface area contributed by atoms with E-state index in [0.717, 1.165) is 63.5 Å². The molecule has 2 saturated carbocycles. The van der Waals surface area contributed by atoms with Crippen LogP contribution >= 0.6 is 0 Å². The number of benzene rings is 1. The summed E-state index contributed by atoms with van der Waals surface area (Å²) in [5.74, 6) is 0.289. The third-order valence-corrected chi connectivity index (χ3v) is 15.0. The summed E-state index contributed by atoms with van der Waals surface area (Å²) >= 11 is 0. The van der Waals surface area contributed by atoms with Crippen molar-refractivity contribution in [2.24, 2.45) is 52.3 Å². The summed E-state index contributed by atoms with van der Waals surface area (Å²) in [6, 6.07) is 4.84. The van der Waals surface area contributed by atoms with Crippen molar-refractivity contribution in [3.8, 4) is 0 Å². The molecule has 2 N–H and O–H groups in total. The Balaban J connectivity index is 0.846. The molecule has 4 bridgehead atoms. The average molecular weight is 824 g/mol. The molecule has 8 saturated heterocycles. The standard InChI is InChI=1S/C42H60F3N3O10/c1-23-7-13-31-25(3)33(51-35-40(31)29(23)15-17-38(5,53-35)55-57-40)49-21-19-46-37(48-28-11-9-27(10-12-28)42(43,44)45)47-20-22-50-34-26(4)32-14-8-24(2)30-16-18-39(6)54-36(52-34)41(30,32)58-56-39/h9-12,23-26,29-36H,7-8,13-22H2,1-6H3,(H2,46,47,48)/t23-,24+,25-,26+,29+,30-,31+,32-,33?,34?,35+,36-,38-,39+,40-,41+. The molecule has 2 spiro atoms. The van der Waals surface area contributed by atoms with E-state index in [1.807, 2.05) is 13.8 Å². The summed E-state index contributed by atoms with van der Waals surface area (Å²) in [4.78, 5) is 29.1. The van der Waals surface area contributed by atoms with Gasteiger partial charge in [0, 0.05) is 48.7 Å². The Morgan fingerprint density at radius 3 is 1.74 bits per heavy atom. The van der Waals surface area contributed by atoms with Crippen LogP contribution in [0.15, 0.2) is 29.3 Å². The maximum absolute atomic E-state index is 13.3. The summed E-state index contributed by atoms with van der Waals surface area (Å²) < 4.78 is 78.8. The number of aliphatic imine (C=N–C) groups is 1. The number of ether oxygens (including phenoxy) is 6. The largest absolute Gasteiger partial charge is 0.416 e. The van der Waals surface area contributed by atoms with Gasteiger partial charge in [0.1, 0.15) is 0 Å². The van der Waals surface area contributed by atoms with Crippen LogP contribution in [0.3, 0.4) is 0 Å². The molecule has 58 heavy (non-hydrogen) atoms. The Kier molecular flexibility index (Phi) is 10.9. The minimum absolute atomic E-state index is 0.00703. The van der Waals surface area contributed by atoms with Crippen LogP contribution in [-0.4, -0.2) is 80.2 Å². The molecule has 16 heteroatoms. The van der Waals surface area contributed by atoms with Crippen LogP contribution in [0.4, 0.5) is 18.9 Å². The Morgan fingerprint density at radius 2 is 1.22 bits per heavy atom. The monoisotopic (exact) mass is 823 g/mol. The SMILES string of the molecule is C[C@@H]1CC[C@H]2[C@@H](C)C(OCCN=C(NCCOC3O[C@@H]4O[C@]5(C)CC[C@@H]6[C@@H](C)CC[C@H]([C@@H]3C)[C@]46OO5)Nc3ccc(C(F)(F)F)cc3)O[C@H]3O[C@@]4(C)CC[C@@H]1[C@]32OO4. The molecule has 324 valence electrons. The molecule has 1 aromatic carbocycles. The van der Waals surface area contributed by atoms with Crippen molar-refractivity contribution in [1.29, 1.82) is 0 Å². The Morgan fingerprint density at radius 1 is 0.707 bits per heavy atom. The van der Waals surface area contributed by atoms with Gasteiger partial charge in [0.05, 0.1) is 25.3 Å². The highest BCUT2D eigenvalue weighted by molar-refractivity contribution is 5.93. The number of fused-ring (bicyclic) bond motifs is 4. The smallest absolute Gasteiger partial charge is 0.354 e. The van der Waals surface area contributed by atoms with Crippen molar-refractivity contribution in [1.82, 2.24) is 5.32 Å². The number of halogens is 3. The lowest BCUT2D eigenvalue weighted by molar-refractivity contribution is -0.577. The maximum atomic E-state index is 13.3.